The average Bonchev–Trinajstić information content (AvgIpc) is 2.87. The van der Waals surface area contributed by atoms with Crippen molar-refractivity contribution >= 4 is 5.97 Å². The van der Waals surface area contributed by atoms with Crippen LogP contribution in [0.15, 0.2) is 30.3 Å². The van der Waals surface area contributed by atoms with Crippen molar-refractivity contribution in [2.45, 2.75) is 76.5 Å². The molecule has 1 aromatic carbocycles. The molecule has 3 heterocycles. The van der Waals surface area contributed by atoms with Gasteiger partial charge < -0.3 is 14.2 Å². The predicted molar refractivity (Wildman–Crippen MR) is 101 cm³/mol. The Labute approximate surface area is 161 Å². The molecule has 4 heteroatoms. The molecule has 4 nitrogen and oxygen atoms in total. The van der Waals surface area contributed by atoms with Crippen LogP contribution in [0.1, 0.15) is 57.9 Å². The van der Waals surface area contributed by atoms with E-state index in [1.54, 1.807) is 0 Å². The Morgan fingerprint density at radius 2 is 1.93 bits per heavy atom. The van der Waals surface area contributed by atoms with E-state index in [9.17, 15) is 4.79 Å². The fourth-order valence-electron chi connectivity index (χ4n) is 6.37. The summed E-state index contributed by atoms with van der Waals surface area (Å²) >= 11 is 0. The van der Waals surface area contributed by atoms with Crippen LogP contribution in [0.2, 0.25) is 0 Å². The second-order valence-electron chi connectivity index (χ2n) is 9.27. The largest absolute Gasteiger partial charge is 0.432 e. The third kappa shape index (κ3) is 2.67. The Balaban J connectivity index is 1.39. The smallest absolute Gasteiger partial charge is 0.311 e. The van der Waals surface area contributed by atoms with Crippen LogP contribution >= 0.6 is 0 Å². The zero-order valence-electron chi connectivity index (χ0n) is 16.4. The summed E-state index contributed by atoms with van der Waals surface area (Å²) in [4.78, 5) is 12.9. The molecule has 1 saturated carbocycles. The highest BCUT2D eigenvalue weighted by Gasteiger charge is 2.72. The second-order valence-corrected chi connectivity index (χ2v) is 9.27. The summed E-state index contributed by atoms with van der Waals surface area (Å²) in [5.74, 6) is 0.525. The molecule has 4 aliphatic rings. The van der Waals surface area contributed by atoms with Crippen LogP contribution in [0, 0.1) is 23.7 Å². The maximum Gasteiger partial charge on any atom is 0.311 e. The Morgan fingerprint density at radius 3 is 2.74 bits per heavy atom. The minimum absolute atomic E-state index is 0.0657. The summed E-state index contributed by atoms with van der Waals surface area (Å²) in [6.07, 6.45) is 6.57. The molecule has 1 aromatic rings. The highest BCUT2D eigenvalue weighted by Crippen LogP contribution is 2.63. The van der Waals surface area contributed by atoms with E-state index in [-0.39, 0.29) is 17.8 Å². The van der Waals surface area contributed by atoms with Crippen LogP contribution in [0.5, 0.6) is 0 Å². The van der Waals surface area contributed by atoms with E-state index < -0.39 is 17.7 Å². The molecule has 7 unspecified atom stereocenters. The highest BCUT2D eigenvalue weighted by molar-refractivity contribution is 5.74. The fraction of sp³-hybridized carbons (Fsp3) is 0.696. The summed E-state index contributed by atoms with van der Waals surface area (Å²) in [5.41, 5.74) is 0.911. The van der Waals surface area contributed by atoms with Gasteiger partial charge in [0.15, 0.2) is 5.79 Å². The zero-order chi connectivity index (χ0) is 18.6. The van der Waals surface area contributed by atoms with Gasteiger partial charge in [0, 0.05) is 12.3 Å². The number of aryl methyl sites for hydroxylation is 1. The normalized spacial score (nSPS) is 45.3. The summed E-state index contributed by atoms with van der Waals surface area (Å²) in [5, 5.41) is 0. The maximum atomic E-state index is 12.9. The van der Waals surface area contributed by atoms with Gasteiger partial charge in [-0.05, 0) is 62.8 Å². The van der Waals surface area contributed by atoms with Gasteiger partial charge in [0.1, 0.15) is 5.60 Å². The first kappa shape index (κ1) is 17.7. The third-order valence-electron chi connectivity index (χ3n) is 7.64. The first-order chi connectivity index (χ1) is 13.0. The third-order valence-corrected chi connectivity index (χ3v) is 7.64. The van der Waals surface area contributed by atoms with Crippen LogP contribution < -0.4 is 0 Å². The maximum absolute atomic E-state index is 12.9. The molecule has 3 aliphatic heterocycles. The van der Waals surface area contributed by atoms with E-state index in [2.05, 4.69) is 31.2 Å². The Bertz CT molecular complexity index is 718. The average molecular weight is 370 g/mol. The van der Waals surface area contributed by atoms with Crippen molar-refractivity contribution in [2.24, 2.45) is 23.7 Å². The standard InChI is InChI=1S/C23H30O4/c1-15-11-12-19-17(10-6-9-16-7-4-3-5-8-16)20(24)25-21-23(19)18(15)13-14-22(2,26-21)27-23/h3-5,7-8,15,17-19,21H,6,9-14H2,1-2H3. The van der Waals surface area contributed by atoms with Gasteiger partial charge in [0.05, 0.1) is 5.92 Å². The van der Waals surface area contributed by atoms with Gasteiger partial charge in [-0.15, -0.1) is 0 Å². The molecule has 1 spiro atoms. The fourth-order valence-corrected chi connectivity index (χ4v) is 6.37. The molecule has 0 aromatic heterocycles. The monoisotopic (exact) mass is 370 g/mol. The molecule has 7 atom stereocenters. The topological polar surface area (TPSA) is 44.8 Å². The van der Waals surface area contributed by atoms with Crippen molar-refractivity contribution in [3.05, 3.63) is 35.9 Å². The van der Waals surface area contributed by atoms with Gasteiger partial charge in [-0.1, -0.05) is 37.3 Å². The molecular weight excluding hydrogens is 340 g/mol. The molecule has 0 radical (unpaired) electrons. The van der Waals surface area contributed by atoms with Crippen LogP contribution in [0.25, 0.3) is 0 Å². The quantitative estimate of drug-likeness (QED) is 0.734. The summed E-state index contributed by atoms with van der Waals surface area (Å²) in [7, 11) is 0. The first-order valence-corrected chi connectivity index (χ1v) is 10.6. The van der Waals surface area contributed by atoms with Gasteiger partial charge >= 0.3 is 5.97 Å². The minimum atomic E-state index is -0.588. The number of carbonyl (C=O) groups is 1. The van der Waals surface area contributed by atoms with E-state index in [0.717, 1.165) is 38.5 Å². The Kier molecular flexibility index (Phi) is 4.14. The SMILES string of the molecule is CC1CCC2C(CCCc3ccccc3)C(=O)OC3OC4(C)CCC1C32O4. The molecule has 146 valence electrons. The van der Waals surface area contributed by atoms with Crippen molar-refractivity contribution in [3.8, 4) is 0 Å². The van der Waals surface area contributed by atoms with Gasteiger partial charge in [-0.25, -0.2) is 0 Å². The lowest BCUT2D eigenvalue weighted by molar-refractivity contribution is -0.265. The molecule has 4 fully saturated rings. The second kappa shape index (κ2) is 6.31. The van der Waals surface area contributed by atoms with Crippen LogP contribution in [0.4, 0.5) is 0 Å². The van der Waals surface area contributed by atoms with E-state index in [1.165, 1.54) is 12.0 Å². The van der Waals surface area contributed by atoms with Gasteiger partial charge in [0.2, 0.25) is 6.29 Å². The van der Waals surface area contributed by atoms with E-state index in [1.807, 2.05) is 13.0 Å². The summed E-state index contributed by atoms with van der Waals surface area (Å²) < 4.78 is 18.7. The van der Waals surface area contributed by atoms with E-state index in [4.69, 9.17) is 14.2 Å². The lowest BCUT2D eigenvalue weighted by atomic mass is 9.56. The Hall–Kier alpha value is -1.39. The van der Waals surface area contributed by atoms with Crippen LogP contribution in [0.3, 0.4) is 0 Å². The van der Waals surface area contributed by atoms with Crippen molar-refractivity contribution in [1.82, 2.24) is 0 Å². The van der Waals surface area contributed by atoms with E-state index >= 15 is 0 Å². The molecule has 27 heavy (non-hydrogen) atoms. The first-order valence-electron chi connectivity index (χ1n) is 10.6. The number of esters is 1. The number of hydrogen-bond donors (Lipinski definition) is 0. The molecule has 0 N–H and O–H groups in total. The zero-order valence-corrected chi connectivity index (χ0v) is 16.4. The molecule has 1 aliphatic carbocycles. The number of hydrogen-bond acceptors (Lipinski definition) is 4. The number of carbonyl (C=O) groups excluding carboxylic acids is 1. The molecule has 0 amide bonds. The van der Waals surface area contributed by atoms with E-state index in [0.29, 0.717) is 11.8 Å². The van der Waals surface area contributed by atoms with Crippen LogP contribution in [-0.2, 0) is 25.4 Å². The number of fused-ring (bicyclic) bond motifs is 1. The van der Waals surface area contributed by atoms with Crippen molar-refractivity contribution in [3.63, 3.8) is 0 Å². The Morgan fingerprint density at radius 1 is 1.11 bits per heavy atom. The van der Waals surface area contributed by atoms with Crippen LogP contribution in [-0.4, -0.2) is 23.6 Å². The van der Waals surface area contributed by atoms with Gasteiger partial charge in [-0.2, -0.15) is 0 Å². The number of rotatable bonds is 4. The lowest BCUT2D eigenvalue weighted by Crippen LogP contribution is -2.65. The van der Waals surface area contributed by atoms with Crippen molar-refractivity contribution in [1.29, 1.82) is 0 Å². The molecule has 3 saturated heterocycles. The minimum Gasteiger partial charge on any atom is -0.432 e. The molecule has 2 bridgehead atoms. The van der Waals surface area contributed by atoms with Gasteiger partial charge in [-0.3, -0.25) is 4.79 Å². The molecule has 5 rings (SSSR count). The van der Waals surface area contributed by atoms with Crippen molar-refractivity contribution in [2.75, 3.05) is 0 Å². The number of ether oxygens (including phenoxy) is 3. The van der Waals surface area contributed by atoms with Crippen molar-refractivity contribution < 1.29 is 19.0 Å². The number of benzene rings is 1. The highest BCUT2D eigenvalue weighted by atomic mass is 16.8. The predicted octanol–water partition coefficient (Wildman–Crippen LogP) is 4.47. The van der Waals surface area contributed by atoms with Gasteiger partial charge in [0.25, 0.3) is 0 Å². The summed E-state index contributed by atoms with van der Waals surface area (Å²) in [6.45, 7) is 4.35. The summed E-state index contributed by atoms with van der Waals surface area (Å²) in [6, 6.07) is 10.5. The lowest BCUT2D eigenvalue weighted by Gasteiger charge is -2.56. The molecular formula is C23H30O4.